The maximum Gasteiger partial charge on any atom is 0.417 e. The summed E-state index contributed by atoms with van der Waals surface area (Å²) in [5.41, 5.74) is 2.06. The maximum atomic E-state index is 13.5. The highest BCUT2D eigenvalue weighted by atomic mass is 19.4. The number of benzene rings is 2. The van der Waals surface area contributed by atoms with Crippen molar-refractivity contribution >= 4 is 10.9 Å². The van der Waals surface area contributed by atoms with Crippen LogP contribution in [0.1, 0.15) is 16.8 Å². The summed E-state index contributed by atoms with van der Waals surface area (Å²) in [4.78, 5) is 0. The molecule has 0 fully saturated rings. The van der Waals surface area contributed by atoms with Crippen molar-refractivity contribution in [2.75, 3.05) is 13.1 Å². The van der Waals surface area contributed by atoms with E-state index in [1.807, 2.05) is 6.07 Å². The minimum atomic E-state index is -4.51. The predicted octanol–water partition coefficient (Wildman–Crippen LogP) is 4.34. The molecule has 3 aromatic rings. The number of aromatic nitrogens is 1. The Morgan fingerprint density at radius 2 is 1.88 bits per heavy atom. The van der Waals surface area contributed by atoms with E-state index in [1.165, 1.54) is 17.8 Å². The van der Waals surface area contributed by atoms with Crippen LogP contribution in [0.5, 0.6) is 0 Å². The Hall–Kier alpha value is -2.78. The Morgan fingerprint density at radius 1 is 1.04 bits per heavy atom. The first-order valence-corrected chi connectivity index (χ1v) is 8.42. The van der Waals surface area contributed by atoms with E-state index >= 15 is 0 Å². The standard InChI is InChI=1S/C20H16F3N3/c21-20(22,23)18-9-13(12-24)1-3-17(18)14-2-4-19-15(10-14)11-16-5-6-25-7-8-26(16)19/h1-4,9-11,25H,5-8H2. The van der Waals surface area contributed by atoms with Gasteiger partial charge in [-0.2, -0.15) is 18.4 Å². The number of halogens is 3. The number of nitrogens with one attached hydrogen (secondary N) is 1. The fourth-order valence-electron chi connectivity index (χ4n) is 3.60. The summed E-state index contributed by atoms with van der Waals surface area (Å²) < 4.78 is 42.6. The molecule has 2 aromatic carbocycles. The fraction of sp³-hybridized carbons (Fsp3) is 0.250. The van der Waals surface area contributed by atoms with Gasteiger partial charge in [0.05, 0.1) is 17.2 Å². The monoisotopic (exact) mass is 355 g/mol. The van der Waals surface area contributed by atoms with Crippen molar-refractivity contribution < 1.29 is 13.2 Å². The highest BCUT2D eigenvalue weighted by molar-refractivity contribution is 5.87. The molecule has 1 N–H and O–H groups in total. The molecule has 2 heterocycles. The van der Waals surface area contributed by atoms with Gasteiger partial charge in [-0.3, -0.25) is 0 Å². The summed E-state index contributed by atoms with van der Waals surface area (Å²) in [5.74, 6) is 0. The van der Waals surface area contributed by atoms with E-state index in [0.717, 1.165) is 43.0 Å². The first-order valence-electron chi connectivity index (χ1n) is 8.42. The predicted molar refractivity (Wildman–Crippen MR) is 93.7 cm³/mol. The zero-order valence-electron chi connectivity index (χ0n) is 13.9. The van der Waals surface area contributed by atoms with E-state index in [-0.39, 0.29) is 11.1 Å². The molecular formula is C20H16F3N3. The van der Waals surface area contributed by atoms with Gasteiger partial charge in [0.25, 0.3) is 0 Å². The van der Waals surface area contributed by atoms with Crippen molar-refractivity contribution in [2.45, 2.75) is 19.1 Å². The van der Waals surface area contributed by atoms with Crippen LogP contribution in [0, 0.1) is 11.3 Å². The van der Waals surface area contributed by atoms with Crippen LogP contribution in [0.2, 0.25) is 0 Å². The highest BCUT2D eigenvalue weighted by Crippen LogP contribution is 2.38. The molecule has 0 spiro atoms. The van der Waals surface area contributed by atoms with Crippen LogP contribution in [-0.4, -0.2) is 17.7 Å². The lowest BCUT2D eigenvalue weighted by atomic mass is 9.96. The number of alkyl halides is 3. The van der Waals surface area contributed by atoms with Gasteiger partial charge in [-0.15, -0.1) is 0 Å². The van der Waals surface area contributed by atoms with E-state index in [1.54, 1.807) is 18.2 Å². The summed E-state index contributed by atoms with van der Waals surface area (Å²) in [6.07, 6.45) is -3.62. The van der Waals surface area contributed by atoms with Gasteiger partial charge in [-0.1, -0.05) is 12.1 Å². The molecule has 1 aliphatic rings. The molecule has 1 aliphatic heterocycles. The van der Waals surface area contributed by atoms with Crippen molar-refractivity contribution in [2.24, 2.45) is 0 Å². The number of fused-ring (bicyclic) bond motifs is 3. The van der Waals surface area contributed by atoms with Crippen molar-refractivity contribution in [3.63, 3.8) is 0 Å². The van der Waals surface area contributed by atoms with Gasteiger partial charge in [0.15, 0.2) is 0 Å². The Balaban J connectivity index is 1.87. The summed E-state index contributed by atoms with van der Waals surface area (Å²) >= 11 is 0. The van der Waals surface area contributed by atoms with Gasteiger partial charge in [0, 0.05) is 42.7 Å². The molecule has 26 heavy (non-hydrogen) atoms. The van der Waals surface area contributed by atoms with E-state index in [4.69, 9.17) is 5.26 Å². The topological polar surface area (TPSA) is 40.8 Å². The van der Waals surface area contributed by atoms with E-state index < -0.39 is 11.7 Å². The van der Waals surface area contributed by atoms with E-state index in [0.29, 0.717) is 5.56 Å². The molecule has 0 unspecified atom stereocenters. The lowest BCUT2D eigenvalue weighted by Gasteiger charge is -2.14. The third kappa shape index (κ3) is 2.85. The van der Waals surface area contributed by atoms with Crippen molar-refractivity contribution in [3.8, 4) is 17.2 Å². The maximum absolute atomic E-state index is 13.5. The number of nitriles is 1. The second kappa shape index (κ2) is 6.19. The average molecular weight is 355 g/mol. The molecule has 6 heteroatoms. The molecule has 132 valence electrons. The number of rotatable bonds is 1. The first kappa shape index (κ1) is 16.7. The number of nitrogens with zero attached hydrogens (tertiary/aromatic N) is 2. The molecule has 0 aliphatic carbocycles. The van der Waals surface area contributed by atoms with Crippen LogP contribution >= 0.6 is 0 Å². The third-order valence-corrected chi connectivity index (χ3v) is 4.82. The minimum absolute atomic E-state index is 0.00485. The van der Waals surface area contributed by atoms with Crippen LogP contribution in [-0.2, 0) is 19.1 Å². The van der Waals surface area contributed by atoms with Gasteiger partial charge in [-0.25, -0.2) is 0 Å². The SMILES string of the molecule is N#Cc1ccc(-c2ccc3c(c2)cc2n3CCNCC2)c(C(F)(F)F)c1. The Kier molecular flexibility index (Phi) is 3.97. The lowest BCUT2D eigenvalue weighted by molar-refractivity contribution is -0.137. The fourth-order valence-corrected chi connectivity index (χ4v) is 3.60. The first-order chi connectivity index (χ1) is 12.5. The molecule has 3 nitrogen and oxygen atoms in total. The van der Waals surface area contributed by atoms with Gasteiger partial charge in [0.2, 0.25) is 0 Å². The van der Waals surface area contributed by atoms with E-state index in [9.17, 15) is 13.2 Å². The molecule has 0 saturated heterocycles. The Morgan fingerprint density at radius 3 is 2.65 bits per heavy atom. The summed E-state index contributed by atoms with van der Waals surface area (Å²) in [7, 11) is 0. The van der Waals surface area contributed by atoms with Gasteiger partial charge in [0.1, 0.15) is 0 Å². The van der Waals surface area contributed by atoms with Crippen LogP contribution in [0.3, 0.4) is 0 Å². The van der Waals surface area contributed by atoms with Gasteiger partial charge >= 0.3 is 6.18 Å². The molecule has 0 bridgehead atoms. The van der Waals surface area contributed by atoms with E-state index in [2.05, 4.69) is 16.0 Å². The van der Waals surface area contributed by atoms with Crippen LogP contribution in [0.25, 0.3) is 22.0 Å². The largest absolute Gasteiger partial charge is 0.417 e. The average Bonchev–Trinajstić information content (AvgIpc) is 2.80. The smallest absolute Gasteiger partial charge is 0.343 e. The molecule has 0 atom stereocenters. The minimum Gasteiger partial charge on any atom is -0.343 e. The second-order valence-corrected chi connectivity index (χ2v) is 6.43. The molecule has 4 rings (SSSR count). The Bertz CT molecular complexity index is 1030. The second-order valence-electron chi connectivity index (χ2n) is 6.43. The van der Waals surface area contributed by atoms with Gasteiger partial charge in [-0.05, 0) is 41.5 Å². The van der Waals surface area contributed by atoms with Crippen LogP contribution in [0.15, 0.2) is 42.5 Å². The highest BCUT2D eigenvalue weighted by Gasteiger charge is 2.34. The lowest BCUT2D eigenvalue weighted by Crippen LogP contribution is -2.17. The summed E-state index contributed by atoms with van der Waals surface area (Å²) in [5, 5.41) is 13.2. The van der Waals surface area contributed by atoms with Crippen molar-refractivity contribution in [1.82, 2.24) is 9.88 Å². The van der Waals surface area contributed by atoms with Crippen LogP contribution in [0.4, 0.5) is 13.2 Å². The van der Waals surface area contributed by atoms with Gasteiger partial charge < -0.3 is 9.88 Å². The normalized spacial score (nSPS) is 14.7. The molecular weight excluding hydrogens is 339 g/mol. The summed E-state index contributed by atoms with van der Waals surface area (Å²) in [6.45, 7) is 2.63. The number of hydrogen-bond donors (Lipinski definition) is 1. The zero-order valence-corrected chi connectivity index (χ0v) is 13.9. The third-order valence-electron chi connectivity index (χ3n) is 4.82. The molecule has 0 amide bonds. The Labute approximate surface area is 148 Å². The number of hydrogen-bond acceptors (Lipinski definition) is 2. The molecule has 0 saturated carbocycles. The van der Waals surface area contributed by atoms with Crippen molar-refractivity contribution in [1.29, 1.82) is 5.26 Å². The zero-order chi connectivity index (χ0) is 18.3. The van der Waals surface area contributed by atoms with Crippen molar-refractivity contribution in [3.05, 3.63) is 59.3 Å². The quantitative estimate of drug-likeness (QED) is 0.705. The molecule has 1 aromatic heterocycles. The van der Waals surface area contributed by atoms with Crippen LogP contribution < -0.4 is 5.32 Å². The summed E-state index contributed by atoms with van der Waals surface area (Å²) in [6, 6.07) is 13.0. The molecule has 0 radical (unpaired) electrons.